The summed E-state index contributed by atoms with van der Waals surface area (Å²) < 4.78 is 5.37. The number of likely N-dealkylation sites (tertiary alicyclic amines) is 1. The maximum absolute atomic E-state index is 5.37. The lowest BCUT2D eigenvalue weighted by atomic mass is 10.1. The molecule has 2 heterocycles. The Labute approximate surface area is 166 Å². The normalized spacial score (nSPS) is 16.3. The number of thiophene rings is 1. The maximum atomic E-state index is 5.37. The van der Waals surface area contributed by atoms with E-state index in [4.69, 9.17) is 4.74 Å². The van der Waals surface area contributed by atoms with Crippen LogP contribution in [-0.4, -0.2) is 44.7 Å². The Kier molecular flexibility index (Phi) is 7.12. The van der Waals surface area contributed by atoms with Crippen LogP contribution in [0.5, 0.6) is 5.75 Å². The molecule has 1 saturated heterocycles. The lowest BCUT2D eigenvalue weighted by Gasteiger charge is -2.27. The quantitative estimate of drug-likeness (QED) is 0.564. The summed E-state index contributed by atoms with van der Waals surface area (Å²) in [6.45, 7) is 6.02. The number of hydrogen-bond donors (Lipinski definition) is 2. The lowest BCUT2D eigenvalue weighted by Crippen LogP contribution is -2.42. The van der Waals surface area contributed by atoms with Gasteiger partial charge in [0.15, 0.2) is 5.96 Å². The van der Waals surface area contributed by atoms with Crippen molar-refractivity contribution in [2.45, 2.75) is 32.4 Å². The molecular weight excluding hydrogens is 356 g/mol. The van der Waals surface area contributed by atoms with Crippen LogP contribution in [-0.2, 0) is 6.54 Å². The number of benzene rings is 1. The summed E-state index contributed by atoms with van der Waals surface area (Å²) in [5.74, 6) is 1.72. The van der Waals surface area contributed by atoms with Crippen LogP contribution >= 0.6 is 11.3 Å². The predicted molar refractivity (Wildman–Crippen MR) is 114 cm³/mol. The summed E-state index contributed by atoms with van der Waals surface area (Å²) in [6, 6.07) is 11.1. The molecule has 2 N–H and O–H groups in total. The van der Waals surface area contributed by atoms with Gasteiger partial charge in [0.1, 0.15) is 5.75 Å². The van der Waals surface area contributed by atoms with E-state index in [9.17, 15) is 0 Å². The molecule has 2 aromatic rings. The second kappa shape index (κ2) is 9.76. The maximum Gasteiger partial charge on any atom is 0.191 e. The zero-order chi connectivity index (χ0) is 19.1. The van der Waals surface area contributed by atoms with Gasteiger partial charge in [-0.1, -0.05) is 12.1 Å². The molecule has 146 valence electrons. The summed E-state index contributed by atoms with van der Waals surface area (Å²) in [4.78, 5) is 8.40. The molecule has 3 rings (SSSR count). The molecule has 0 bridgehead atoms. The molecule has 1 aromatic heterocycles. The van der Waals surface area contributed by atoms with Gasteiger partial charge in [0.25, 0.3) is 0 Å². The Morgan fingerprint density at radius 1 is 1.26 bits per heavy atom. The molecule has 0 radical (unpaired) electrons. The van der Waals surface area contributed by atoms with E-state index >= 15 is 0 Å². The van der Waals surface area contributed by atoms with Crippen molar-refractivity contribution in [1.29, 1.82) is 0 Å². The van der Waals surface area contributed by atoms with Gasteiger partial charge in [0, 0.05) is 25.0 Å². The lowest BCUT2D eigenvalue weighted by molar-refractivity contribution is 0.249. The fourth-order valence-corrected chi connectivity index (χ4v) is 4.45. The number of nitrogens with one attached hydrogen (secondary N) is 2. The number of ether oxygens (including phenoxy) is 1. The van der Waals surface area contributed by atoms with Crippen LogP contribution in [0.2, 0.25) is 0 Å². The van der Waals surface area contributed by atoms with Crippen LogP contribution in [0.3, 0.4) is 0 Å². The standard InChI is InChI=1S/C21H30N4OS/c1-16-11-17(13-18(12-16)26-3)14-23-21(22-2)24-15-19(20-7-6-10-27-20)25-8-4-5-9-25/h6-7,10-13,19H,4-5,8-9,14-15H2,1-3H3,(H2,22,23,24). The smallest absolute Gasteiger partial charge is 0.191 e. The first-order valence-electron chi connectivity index (χ1n) is 9.56. The Balaban J connectivity index is 1.58. The van der Waals surface area contributed by atoms with E-state index < -0.39 is 0 Å². The number of methoxy groups -OCH3 is 1. The first kappa shape index (κ1) is 19.7. The zero-order valence-electron chi connectivity index (χ0n) is 16.5. The molecule has 0 amide bonds. The molecule has 1 atom stereocenters. The van der Waals surface area contributed by atoms with Crippen molar-refractivity contribution in [1.82, 2.24) is 15.5 Å². The molecule has 0 saturated carbocycles. The SMILES string of the molecule is CN=C(NCc1cc(C)cc(OC)c1)NCC(c1cccs1)N1CCCC1. The van der Waals surface area contributed by atoms with Gasteiger partial charge < -0.3 is 15.4 Å². The van der Waals surface area contributed by atoms with E-state index in [1.165, 1.54) is 41.9 Å². The number of aryl methyl sites for hydroxylation is 1. The Morgan fingerprint density at radius 2 is 2.07 bits per heavy atom. The van der Waals surface area contributed by atoms with Gasteiger partial charge in [-0.3, -0.25) is 9.89 Å². The first-order chi connectivity index (χ1) is 13.2. The molecule has 0 aliphatic carbocycles. The number of rotatable bonds is 7. The van der Waals surface area contributed by atoms with Crippen molar-refractivity contribution in [2.75, 3.05) is 33.8 Å². The van der Waals surface area contributed by atoms with Crippen LogP contribution < -0.4 is 15.4 Å². The molecule has 0 spiro atoms. The Morgan fingerprint density at radius 3 is 2.74 bits per heavy atom. The van der Waals surface area contributed by atoms with E-state index in [0.29, 0.717) is 12.6 Å². The van der Waals surface area contributed by atoms with Crippen LogP contribution in [0, 0.1) is 6.92 Å². The average molecular weight is 387 g/mol. The minimum absolute atomic E-state index is 0.408. The van der Waals surface area contributed by atoms with Gasteiger partial charge in [-0.2, -0.15) is 0 Å². The van der Waals surface area contributed by atoms with E-state index in [2.05, 4.69) is 57.1 Å². The van der Waals surface area contributed by atoms with Crippen LogP contribution in [0.25, 0.3) is 0 Å². The van der Waals surface area contributed by atoms with Gasteiger partial charge in [-0.25, -0.2) is 0 Å². The molecule has 1 aliphatic rings. The monoisotopic (exact) mass is 386 g/mol. The van der Waals surface area contributed by atoms with Crippen molar-refractivity contribution in [2.24, 2.45) is 4.99 Å². The van der Waals surface area contributed by atoms with Crippen molar-refractivity contribution in [3.05, 3.63) is 51.7 Å². The van der Waals surface area contributed by atoms with Crippen LogP contribution in [0.15, 0.2) is 40.7 Å². The zero-order valence-corrected chi connectivity index (χ0v) is 17.3. The molecule has 1 fully saturated rings. The first-order valence-corrected chi connectivity index (χ1v) is 10.4. The third-order valence-corrected chi connectivity index (χ3v) is 5.92. The van der Waals surface area contributed by atoms with Gasteiger partial charge >= 0.3 is 0 Å². The molecule has 1 unspecified atom stereocenters. The van der Waals surface area contributed by atoms with Crippen molar-refractivity contribution in [3.8, 4) is 5.75 Å². The molecular formula is C21H30N4OS. The second-order valence-corrected chi connectivity index (χ2v) is 7.92. The van der Waals surface area contributed by atoms with Gasteiger partial charge in [-0.05, 0) is 67.6 Å². The van der Waals surface area contributed by atoms with Gasteiger partial charge in [-0.15, -0.1) is 11.3 Å². The molecule has 6 heteroatoms. The van der Waals surface area contributed by atoms with Crippen LogP contribution in [0.4, 0.5) is 0 Å². The summed E-state index contributed by atoms with van der Waals surface area (Å²) in [7, 11) is 3.53. The fraction of sp³-hybridized carbons (Fsp3) is 0.476. The largest absolute Gasteiger partial charge is 0.497 e. The molecule has 5 nitrogen and oxygen atoms in total. The fourth-order valence-electron chi connectivity index (χ4n) is 3.59. The minimum atomic E-state index is 0.408. The minimum Gasteiger partial charge on any atom is -0.497 e. The Hall–Kier alpha value is -2.05. The van der Waals surface area contributed by atoms with Crippen molar-refractivity contribution < 1.29 is 4.74 Å². The van der Waals surface area contributed by atoms with E-state index in [-0.39, 0.29) is 0 Å². The highest BCUT2D eigenvalue weighted by molar-refractivity contribution is 7.10. The Bertz CT molecular complexity index is 739. The second-order valence-electron chi connectivity index (χ2n) is 6.94. The van der Waals surface area contributed by atoms with Crippen molar-refractivity contribution >= 4 is 17.3 Å². The van der Waals surface area contributed by atoms with E-state index in [1.54, 1.807) is 7.11 Å². The van der Waals surface area contributed by atoms with Crippen LogP contribution in [0.1, 0.15) is 34.9 Å². The third kappa shape index (κ3) is 5.47. The predicted octanol–water partition coefficient (Wildman–Crippen LogP) is 3.57. The number of guanidine groups is 1. The number of aliphatic imine (C=N–C) groups is 1. The summed E-state index contributed by atoms with van der Waals surface area (Å²) in [6.07, 6.45) is 2.59. The summed E-state index contributed by atoms with van der Waals surface area (Å²) in [5.41, 5.74) is 2.38. The van der Waals surface area contributed by atoms with Crippen molar-refractivity contribution in [3.63, 3.8) is 0 Å². The summed E-state index contributed by atoms with van der Waals surface area (Å²) in [5, 5.41) is 9.11. The average Bonchev–Trinajstić information content (AvgIpc) is 3.38. The highest BCUT2D eigenvalue weighted by atomic mass is 32.1. The summed E-state index contributed by atoms with van der Waals surface area (Å²) >= 11 is 1.84. The van der Waals surface area contributed by atoms with E-state index in [0.717, 1.165) is 18.3 Å². The molecule has 1 aliphatic heterocycles. The molecule has 1 aromatic carbocycles. The van der Waals surface area contributed by atoms with E-state index in [1.807, 2.05) is 24.5 Å². The highest BCUT2D eigenvalue weighted by Crippen LogP contribution is 2.27. The van der Waals surface area contributed by atoms with Gasteiger partial charge in [0.2, 0.25) is 0 Å². The highest BCUT2D eigenvalue weighted by Gasteiger charge is 2.24. The van der Waals surface area contributed by atoms with Gasteiger partial charge in [0.05, 0.1) is 13.2 Å². The third-order valence-electron chi connectivity index (χ3n) is 4.95. The number of nitrogens with zero attached hydrogens (tertiary/aromatic N) is 2. The molecule has 27 heavy (non-hydrogen) atoms. The number of hydrogen-bond acceptors (Lipinski definition) is 4. The topological polar surface area (TPSA) is 48.9 Å².